The predicted octanol–water partition coefficient (Wildman–Crippen LogP) is 1.10. The number of nitrogen functional groups attached to an aromatic ring is 1. The topological polar surface area (TPSA) is 75.4 Å². The lowest BCUT2D eigenvalue weighted by atomic mass is 10.3. The van der Waals surface area contributed by atoms with E-state index in [4.69, 9.17) is 17.3 Å². The average Bonchev–Trinajstić information content (AvgIpc) is 1.96. The smallest absolute Gasteiger partial charge is 0.163 e. The highest BCUT2D eigenvalue weighted by molar-refractivity contribution is 7.74. The van der Waals surface area contributed by atoms with Gasteiger partial charge in [-0.25, -0.2) is 4.21 Å². The Kier molecular flexibility index (Phi) is 2.91. The summed E-state index contributed by atoms with van der Waals surface area (Å²) < 4.78 is 24.6. The molecule has 0 aliphatic rings. The zero-order valence-corrected chi connectivity index (χ0v) is 7.39. The summed E-state index contributed by atoms with van der Waals surface area (Å²) in [6.45, 7) is 0. The SMILES string of the molecule is Nc1ccc(Cl)cc1OS(=O)[O-]. The molecule has 6 heteroatoms. The fourth-order valence-corrected chi connectivity index (χ4v) is 1.11. The van der Waals surface area contributed by atoms with Gasteiger partial charge in [0, 0.05) is 11.1 Å². The molecule has 0 aromatic heterocycles. The molecule has 1 unspecified atom stereocenters. The van der Waals surface area contributed by atoms with Crippen LogP contribution >= 0.6 is 11.6 Å². The van der Waals surface area contributed by atoms with Crippen molar-refractivity contribution in [2.75, 3.05) is 5.73 Å². The Hall–Kier alpha value is -0.780. The van der Waals surface area contributed by atoms with Gasteiger partial charge in [0.2, 0.25) is 0 Å². The van der Waals surface area contributed by atoms with Crippen LogP contribution in [0.1, 0.15) is 0 Å². The molecule has 1 aromatic carbocycles. The summed E-state index contributed by atoms with van der Waals surface area (Å²) in [5.41, 5.74) is 5.61. The third-order valence-corrected chi connectivity index (χ3v) is 1.68. The van der Waals surface area contributed by atoms with Gasteiger partial charge in [0.25, 0.3) is 0 Å². The molecule has 0 bridgehead atoms. The first-order chi connectivity index (χ1) is 5.59. The van der Waals surface area contributed by atoms with E-state index in [2.05, 4.69) is 4.18 Å². The second kappa shape index (κ2) is 3.75. The minimum absolute atomic E-state index is 0.0378. The van der Waals surface area contributed by atoms with Crippen molar-refractivity contribution < 1.29 is 12.9 Å². The molecule has 66 valence electrons. The summed E-state index contributed by atoms with van der Waals surface area (Å²) in [5.74, 6) is 0.0378. The lowest BCUT2D eigenvalue weighted by molar-refractivity contribution is 0.441. The number of nitrogens with two attached hydrogens (primary N) is 1. The number of rotatable bonds is 2. The van der Waals surface area contributed by atoms with Gasteiger partial charge in [0.15, 0.2) is 5.75 Å². The second-order valence-electron chi connectivity index (χ2n) is 1.97. The van der Waals surface area contributed by atoms with Crippen LogP contribution in [0.25, 0.3) is 0 Å². The number of halogens is 1. The van der Waals surface area contributed by atoms with Gasteiger partial charge in [-0.05, 0) is 12.1 Å². The predicted molar refractivity (Wildman–Crippen MR) is 45.4 cm³/mol. The second-order valence-corrected chi connectivity index (χ2v) is 2.98. The summed E-state index contributed by atoms with van der Waals surface area (Å²) in [4.78, 5) is 0. The van der Waals surface area contributed by atoms with Crippen molar-refractivity contribution in [1.29, 1.82) is 0 Å². The molecule has 1 atom stereocenters. The van der Waals surface area contributed by atoms with Crippen molar-refractivity contribution in [3.63, 3.8) is 0 Å². The van der Waals surface area contributed by atoms with Gasteiger partial charge in [-0.1, -0.05) is 11.6 Å². The number of anilines is 1. The van der Waals surface area contributed by atoms with Gasteiger partial charge >= 0.3 is 0 Å². The minimum Gasteiger partial charge on any atom is -0.740 e. The molecule has 0 saturated heterocycles. The fraction of sp³-hybridized carbons (Fsp3) is 0. The van der Waals surface area contributed by atoms with E-state index in [9.17, 15) is 8.76 Å². The lowest BCUT2D eigenvalue weighted by Crippen LogP contribution is -2.00. The van der Waals surface area contributed by atoms with E-state index in [0.717, 1.165) is 0 Å². The van der Waals surface area contributed by atoms with E-state index >= 15 is 0 Å². The maximum Gasteiger partial charge on any atom is 0.163 e. The van der Waals surface area contributed by atoms with E-state index in [-0.39, 0.29) is 11.4 Å². The first-order valence-electron chi connectivity index (χ1n) is 2.92. The molecule has 12 heavy (non-hydrogen) atoms. The number of hydrogen-bond donors (Lipinski definition) is 1. The number of benzene rings is 1. The molecule has 0 aliphatic carbocycles. The van der Waals surface area contributed by atoms with Crippen LogP contribution in [-0.2, 0) is 11.4 Å². The zero-order valence-electron chi connectivity index (χ0n) is 5.82. The highest BCUT2D eigenvalue weighted by Crippen LogP contribution is 2.25. The van der Waals surface area contributed by atoms with Crippen LogP contribution < -0.4 is 9.92 Å². The average molecular weight is 207 g/mol. The molecule has 4 nitrogen and oxygen atoms in total. The molecule has 0 amide bonds. The first kappa shape index (κ1) is 9.31. The Balaban J connectivity index is 2.97. The van der Waals surface area contributed by atoms with Crippen molar-refractivity contribution in [2.24, 2.45) is 0 Å². The first-order valence-corrected chi connectivity index (χ1v) is 4.30. The normalized spacial score (nSPS) is 12.5. The maximum atomic E-state index is 10.1. The maximum absolute atomic E-state index is 10.1. The van der Waals surface area contributed by atoms with Crippen LogP contribution in [0.4, 0.5) is 5.69 Å². The van der Waals surface area contributed by atoms with E-state index in [1.165, 1.54) is 18.2 Å². The van der Waals surface area contributed by atoms with Crippen LogP contribution in [0, 0.1) is 0 Å². The van der Waals surface area contributed by atoms with Crippen LogP contribution in [0.2, 0.25) is 5.02 Å². The Morgan fingerprint density at radius 2 is 2.25 bits per heavy atom. The highest BCUT2D eigenvalue weighted by atomic mass is 35.5. The standard InChI is InChI=1S/C6H6ClNO3S/c7-4-1-2-5(8)6(3-4)11-12(9)10/h1-3H,8H2,(H,9,10)/p-1. The van der Waals surface area contributed by atoms with E-state index in [1.807, 2.05) is 0 Å². The van der Waals surface area contributed by atoms with Gasteiger partial charge in [0.1, 0.15) is 11.4 Å². The quantitative estimate of drug-likeness (QED) is 0.581. The Morgan fingerprint density at radius 3 is 2.83 bits per heavy atom. The van der Waals surface area contributed by atoms with Gasteiger partial charge in [-0.15, -0.1) is 0 Å². The van der Waals surface area contributed by atoms with Crippen LogP contribution in [0.5, 0.6) is 5.75 Å². The van der Waals surface area contributed by atoms with Crippen molar-refractivity contribution >= 4 is 28.6 Å². The Bertz CT molecular complexity index is 318. The van der Waals surface area contributed by atoms with Crippen molar-refractivity contribution in [2.45, 2.75) is 0 Å². The van der Waals surface area contributed by atoms with Crippen LogP contribution in [0.15, 0.2) is 18.2 Å². The molecule has 0 heterocycles. The molecule has 1 aromatic rings. The molecule has 0 radical (unpaired) electrons. The Morgan fingerprint density at radius 1 is 1.58 bits per heavy atom. The van der Waals surface area contributed by atoms with Crippen molar-refractivity contribution in [3.05, 3.63) is 23.2 Å². The molecular weight excluding hydrogens is 202 g/mol. The van der Waals surface area contributed by atoms with Gasteiger partial charge < -0.3 is 14.5 Å². The molecule has 1 rings (SSSR count). The van der Waals surface area contributed by atoms with Gasteiger partial charge in [-0.3, -0.25) is 0 Å². The Labute approximate surface area is 76.8 Å². The molecule has 2 N–H and O–H groups in total. The van der Waals surface area contributed by atoms with E-state index < -0.39 is 11.4 Å². The van der Waals surface area contributed by atoms with E-state index in [0.29, 0.717) is 5.02 Å². The lowest BCUT2D eigenvalue weighted by Gasteiger charge is -2.09. The van der Waals surface area contributed by atoms with Crippen molar-refractivity contribution in [1.82, 2.24) is 0 Å². The van der Waals surface area contributed by atoms with Crippen LogP contribution in [-0.4, -0.2) is 8.76 Å². The summed E-state index contributed by atoms with van der Waals surface area (Å²) >= 11 is 2.94. The molecular formula is C6H5ClNO3S-. The zero-order chi connectivity index (χ0) is 9.14. The third kappa shape index (κ3) is 2.37. The third-order valence-electron chi connectivity index (χ3n) is 1.13. The highest BCUT2D eigenvalue weighted by Gasteiger charge is 2.00. The molecule has 0 aliphatic heterocycles. The van der Waals surface area contributed by atoms with Gasteiger partial charge in [-0.2, -0.15) is 0 Å². The van der Waals surface area contributed by atoms with Crippen LogP contribution in [0.3, 0.4) is 0 Å². The molecule has 0 spiro atoms. The van der Waals surface area contributed by atoms with Gasteiger partial charge in [0.05, 0.1) is 5.69 Å². The summed E-state index contributed by atoms with van der Waals surface area (Å²) in [6.07, 6.45) is 0. The molecule has 0 fully saturated rings. The summed E-state index contributed by atoms with van der Waals surface area (Å²) in [5, 5.41) is 0.365. The summed E-state index contributed by atoms with van der Waals surface area (Å²) in [6, 6.07) is 4.33. The van der Waals surface area contributed by atoms with Crippen molar-refractivity contribution in [3.8, 4) is 5.75 Å². The monoisotopic (exact) mass is 206 g/mol. The summed E-state index contributed by atoms with van der Waals surface area (Å²) in [7, 11) is 0. The molecule has 0 saturated carbocycles. The largest absolute Gasteiger partial charge is 0.740 e. The number of hydrogen-bond acceptors (Lipinski definition) is 4. The fourth-order valence-electron chi connectivity index (χ4n) is 0.654. The minimum atomic E-state index is -2.62. The van der Waals surface area contributed by atoms with E-state index in [1.54, 1.807) is 0 Å².